The average molecular weight is 734 g/mol. The number of aryl methyl sites for hydroxylation is 4. The van der Waals surface area contributed by atoms with E-state index in [9.17, 15) is 0 Å². The van der Waals surface area contributed by atoms with Gasteiger partial charge in [0.1, 0.15) is 0 Å². The summed E-state index contributed by atoms with van der Waals surface area (Å²) >= 11 is -0.106. The van der Waals surface area contributed by atoms with Crippen molar-refractivity contribution >= 4 is 41.8 Å². The van der Waals surface area contributed by atoms with E-state index in [1.807, 2.05) is 0 Å². The molecular formula is C38H44Cl2N4Pd. The molecule has 0 saturated carbocycles. The molecule has 7 heteroatoms. The summed E-state index contributed by atoms with van der Waals surface area (Å²) < 4.78 is 0. The van der Waals surface area contributed by atoms with E-state index in [0.29, 0.717) is 0 Å². The second-order valence-electron chi connectivity index (χ2n) is 12.0. The van der Waals surface area contributed by atoms with Gasteiger partial charge < -0.3 is 19.6 Å². The molecule has 4 nitrogen and oxygen atoms in total. The Kier molecular flexibility index (Phi) is 11.9. The van der Waals surface area contributed by atoms with E-state index in [1.54, 1.807) is 0 Å². The zero-order chi connectivity index (χ0) is 33.0. The topological polar surface area (TPSA) is 13.0 Å². The molecule has 240 valence electrons. The average Bonchev–Trinajstić information content (AvgIpc) is 3.51. The molecule has 4 aromatic carbocycles. The summed E-state index contributed by atoms with van der Waals surface area (Å²) in [6.45, 7) is 26.3. The van der Waals surface area contributed by atoms with Crippen molar-refractivity contribution in [1.82, 2.24) is 0 Å². The Labute approximate surface area is 288 Å². The number of anilines is 4. The van der Waals surface area contributed by atoms with Crippen LogP contribution in [0, 0.1) is 68.7 Å². The van der Waals surface area contributed by atoms with Crippen molar-refractivity contribution in [3.63, 3.8) is 0 Å². The molecule has 0 fully saturated rings. The SMILES string of the molecule is Cc1cc(C)c(C)c(CN2[C]N(C)c3ccccc32)c1C.Cc1cc(C)c(C)c(CN2[C]N(C)c3ccccc32)c1C.[Cl][Pd][Cl]. The van der Waals surface area contributed by atoms with Gasteiger partial charge in [0.15, 0.2) is 0 Å². The Bertz CT molecular complexity index is 1480. The van der Waals surface area contributed by atoms with Crippen LogP contribution < -0.4 is 19.6 Å². The summed E-state index contributed by atoms with van der Waals surface area (Å²) in [6.07, 6.45) is 0. The van der Waals surface area contributed by atoms with Crippen molar-refractivity contribution in [3.8, 4) is 0 Å². The van der Waals surface area contributed by atoms with Crippen LogP contribution in [0.15, 0.2) is 60.7 Å². The Balaban J connectivity index is 0.000000189. The quantitative estimate of drug-likeness (QED) is 0.194. The van der Waals surface area contributed by atoms with Gasteiger partial charge in [0.25, 0.3) is 0 Å². The molecule has 0 bridgehead atoms. The predicted molar refractivity (Wildman–Crippen MR) is 191 cm³/mol. The van der Waals surface area contributed by atoms with Crippen LogP contribution in [0.4, 0.5) is 22.7 Å². The third-order valence-electron chi connectivity index (χ3n) is 9.28. The van der Waals surface area contributed by atoms with Gasteiger partial charge in [-0.3, -0.25) is 0 Å². The fraction of sp³-hybridized carbons (Fsp3) is 0.316. The monoisotopic (exact) mass is 732 g/mol. The number of rotatable bonds is 4. The normalized spacial score (nSPS) is 13.3. The van der Waals surface area contributed by atoms with E-state index in [0.717, 1.165) is 13.1 Å². The van der Waals surface area contributed by atoms with Crippen LogP contribution in [-0.4, -0.2) is 14.1 Å². The second kappa shape index (κ2) is 15.3. The van der Waals surface area contributed by atoms with Gasteiger partial charge in [-0.25, -0.2) is 0 Å². The first kappa shape index (κ1) is 35.2. The zero-order valence-electron chi connectivity index (χ0n) is 28.0. The first-order valence-electron chi connectivity index (χ1n) is 15.1. The molecular weight excluding hydrogens is 690 g/mol. The van der Waals surface area contributed by atoms with Crippen molar-refractivity contribution in [2.24, 2.45) is 0 Å². The number of para-hydroxylation sites is 4. The van der Waals surface area contributed by atoms with Crippen LogP contribution in [0.3, 0.4) is 0 Å². The molecule has 0 amide bonds. The molecule has 6 rings (SSSR count). The fourth-order valence-corrected chi connectivity index (χ4v) is 6.16. The van der Waals surface area contributed by atoms with Crippen molar-refractivity contribution in [3.05, 3.63) is 130 Å². The van der Waals surface area contributed by atoms with Crippen LogP contribution in [0.2, 0.25) is 0 Å². The first-order chi connectivity index (χ1) is 21.4. The summed E-state index contributed by atoms with van der Waals surface area (Å²) in [5.74, 6) is 0. The molecule has 4 radical (unpaired) electrons. The van der Waals surface area contributed by atoms with Crippen LogP contribution in [0.1, 0.15) is 55.6 Å². The molecule has 0 aromatic heterocycles. The van der Waals surface area contributed by atoms with Crippen molar-refractivity contribution < 1.29 is 15.9 Å². The Morgan fingerprint density at radius 2 is 0.778 bits per heavy atom. The van der Waals surface area contributed by atoms with E-state index >= 15 is 0 Å². The summed E-state index contributed by atoms with van der Waals surface area (Å²) in [4.78, 5) is 8.60. The van der Waals surface area contributed by atoms with Gasteiger partial charge in [-0.1, -0.05) is 36.4 Å². The van der Waals surface area contributed by atoms with Crippen LogP contribution in [-0.2, 0) is 29.0 Å². The van der Waals surface area contributed by atoms with Gasteiger partial charge in [0.05, 0.1) is 22.7 Å². The molecule has 0 spiro atoms. The number of fused-ring (bicyclic) bond motifs is 2. The molecule has 2 aliphatic heterocycles. The van der Waals surface area contributed by atoms with E-state index < -0.39 is 0 Å². The van der Waals surface area contributed by atoms with Crippen molar-refractivity contribution in [2.45, 2.75) is 68.5 Å². The van der Waals surface area contributed by atoms with Gasteiger partial charge in [0, 0.05) is 27.2 Å². The third kappa shape index (κ3) is 7.66. The van der Waals surface area contributed by atoms with Crippen molar-refractivity contribution in [1.29, 1.82) is 0 Å². The molecule has 0 unspecified atom stereocenters. The molecule has 0 N–H and O–H groups in total. The fourth-order valence-electron chi connectivity index (χ4n) is 6.16. The maximum absolute atomic E-state index is 4.81. The van der Waals surface area contributed by atoms with Gasteiger partial charge >= 0.3 is 35.0 Å². The number of hydrogen-bond donors (Lipinski definition) is 0. The van der Waals surface area contributed by atoms with E-state index in [2.05, 4.69) is 163 Å². The van der Waals surface area contributed by atoms with Crippen molar-refractivity contribution in [2.75, 3.05) is 33.7 Å². The minimum atomic E-state index is -0.106. The molecule has 0 atom stereocenters. The van der Waals surface area contributed by atoms with Crippen LogP contribution in [0.5, 0.6) is 0 Å². The first-order valence-corrected chi connectivity index (χ1v) is 19.1. The molecule has 45 heavy (non-hydrogen) atoms. The van der Waals surface area contributed by atoms with E-state index in [-0.39, 0.29) is 15.9 Å². The maximum atomic E-state index is 4.81. The molecule has 2 heterocycles. The van der Waals surface area contributed by atoms with E-state index in [1.165, 1.54) is 78.4 Å². The number of nitrogens with zero attached hydrogens (tertiary/aromatic N) is 4. The van der Waals surface area contributed by atoms with Crippen LogP contribution in [0.25, 0.3) is 0 Å². The molecule has 0 saturated heterocycles. The number of hydrogen-bond acceptors (Lipinski definition) is 4. The summed E-state index contributed by atoms with van der Waals surface area (Å²) in [5, 5.41) is 0. The zero-order valence-corrected chi connectivity index (χ0v) is 31.1. The van der Waals surface area contributed by atoms with E-state index in [4.69, 9.17) is 19.1 Å². The van der Waals surface area contributed by atoms with Gasteiger partial charge in [-0.05, 0) is 135 Å². The van der Waals surface area contributed by atoms with Gasteiger partial charge in [-0.15, -0.1) is 0 Å². The Morgan fingerprint density at radius 1 is 0.511 bits per heavy atom. The summed E-state index contributed by atoms with van der Waals surface area (Å²) in [5.41, 5.74) is 18.8. The van der Waals surface area contributed by atoms with Gasteiger partial charge in [0.2, 0.25) is 13.3 Å². The number of benzene rings is 4. The molecule has 2 aliphatic rings. The second-order valence-corrected chi connectivity index (χ2v) is 14.4. The van der Waals surface area contributed by atoms with Gasteiger partial charge in [-0.2, -0.15) is 0 Å². The molecule has 4 aromatic rings. The standard InChI is InChI=1S/2C19H22N2.2ClH.Pd/c2*1-13-10-14(2)16(4)17(15(13)3)11-21-12-20(5)18-8-6-7-9-19(18)21;;;/h2*6-10H,11H2,1-5H3;2*1H;/q;;;;+2/p-2. The Hall–Kier alpha value is -2.68. The Morgan fingerprint density at radius 3 is 1.07 bits per heavy atom. The number of halogens is 2. The predicted octanol–water partition coefficient (Wildman–Crippen LogP) is 10.1. The minimum absolute atomic E-state index is 0.106. The molecule has 0 aliphatic carbocycles. The summed E-state index contributed by atoms with van der Waals surface area (Å²) in [6, 6.07) is 21.5. The third-order valence-corrected chi connectivity index (χ3v) is 9.28. The summed E-state index contributed by atoms with van der Waals surface area (Å²) in [7, 11) is 13.7. The van der Waals surface area contributed by atoms with Crippen LogP contribution >= 0.6 is 19.1 Å².